The third-order valence-corrected chi connectivity index (χ3v) is 9.07. The van der Waals surface area contributed by atoms with Crippen molar-refractivity contribution < 1.29 is 20.3 Å². The molecule has 0 atom stereocenters. The maximum Gasteiger partial charge on any atom is 0.488 e. The van der Waals surface area contributed by atoms with Crippen molar-refractivity contribution in [3.05, 3.63) is 148 Å². The molecule has 0 aliphatic carbocycles. The smallest absolute Gasteiger partial charge is 0.488 e. The molecule has 0 unspecified atom stereocenters. The molecular formula is C38H26BCl3N10O4. The van der Waals surface area contributed by atoms with Gasteiger partial charge in [0, 0.05) is 35.9 Å². The van der Waals surface area contributed by atoms with Gasteiger partial charge in [-0.05, 0) is 41.4 Å². The summed E-state index contributed by atoms with van der Waals surface area (Å²) >= 11 is 17.9. The highest BCUT2D eigenvalue weighted by atomic mass is 35.5. The zero-order valence-electron chi connectivity index (χ0n) is 28.6. The minimum absolute atomic E-state index is 0.00339. The van der Waals surface area contributed by atoms with E-state index < -0.39 is 7.12 Å². The molecule has 8 aromatic rings. The number of benzene rings is 4. The minimum atomic E-state index is -1.55. The molecule has 0 saturated carbocycles. The number of halogens is 3. The molecule has 18 heteroatoms. The number of hydrogen-bond donors (Lipinski definition) is 6. The molecule has 0 radical (unpaired) electrons. The molecule has 14 nitrogen and oxygen atoms in total. The van der Waals surface area contributed by atoms with Gasteiger partial charge in [0.25, 0.3) is 0 Å². The van der Waals surface area contributed by atoms with Crippen LogP contribution in [0.5, 0.6) is 11.5 Å². The summed E-state index contributed by atoms with van der Waals surface area (Å²) in [6, 6.07) is 23.1. The van der Waals surface area contributed by atoms with Crippen LogP contribution in [0, 0.1) is 13.1 Å². The molecular weight excluding hydrogens is 778 g/mol. The molecule has 0 amide bonds. The van der Waals surface area contributed by atoms with Gasteiger partial charge in [0.15, 0.2) is 34.3 Å². The van der Waals surface area contributed by atoms with E-state index in [9.17, 15) is 5.11 Å². The van der Waals surface area contributed by atoms with Crippen molar-refractivity contribution in [3.8, 4) is 45.3 Å². The number of anilines is 2. The number of imidazole rings is 2. The fraction of sp³-hybridized carbons (Fsp3) is 0. The molecule has 56 heavy (non-hydrogen) atoms. The second-order valence-electron chi connectivity index (χ2n) is 11.6. The van der Waals surface area contributed by atoms with Crippen LogP contribution in [0.1, 0.15) is 0 Å². The van der Waals surface area contributed by atoms with Crippen molar-refractivity contribution in [2.45, 2.75) is 0 Å². The molecule has 8 rings (SSSR count). The average molecular weight is 804 g/mol. The molecule has 4 heterocycles. The van der Waals surface area contributed by atoms with E-state index in [4.69, 9.17) is 74.6 Å². The summed E-state index contributed by atoms with van der Waals surface area (Å²) in [6.45, 7) is 14.0. The first-order chi connectivity index (χ1) is 26.9. The number of aromatic nitrogens is 6. The maximum atomic E-state index is 9.74. The molecule has 8 N–H and O–H groups in total. The summed E-state index contributed by atoms with van der Waals surface area (Å²) in [7, 11) is -1.55. The van der Waals surface area contributed by atoms with Gasteiger partial charge < -0.3 is 31.7 Å². The summed E-state index contributed by atoms with van der Waals surface area (Å²) in [4.78, 5) is 23.9. The highest BCUT2D eigenvalue weighted by Crippen LogP contribution is 2.37. The molecule has 276 valence electrons. The van der Waals surface area contributed by atoms with Gasteiger partial charge in [-0.15, -0.1) is 0 Å². The predicted molar refractivity (Wildman–Crippen MR) is 218 cm³/mol. The first kappa shape index (κ1) is 38.9. The van der Waals surface area contributed by atoms with Crippen molar-refractivity contribution in [3.63, 3.8) is 0 Å². The lowest BCUT2D eigenvalue weighted by atomic mass is 9.80. The van der Waals surface area contributed by atoms with Crippen LogP contribution >= 0.6 is 34.8 Å². The lowest BCUT2D eigenvalue weighted by molar-refractivity contribution is 0.425. The van der Waals surface area contributed by atoms with E-state index in [1.165, 1.54) is 24.3 Å². The van der Waals surface area contributed by atoms with Gasteiger partial charge in [-0.3, -0.25) is 8.80 Å². The van der Waals surface area contributed by atoms with Crippen molar-refractivity contribution in [1.29, 1.82) is 0 Å². The van der Waals surface area contributed by atoms with E-state index in [1.54, 1.807) is 77.7 Å². The van der Waals surface area contributed by atoms with E-state index in [2.05, 4.69) is 29.6 Å². The standard InChI is InChI=1S/C19H12ClN5O.C13H8ClN5.C6H6BClO3/c1-22-13-5-2-11(3-6-13)16-17(12-4-7-15(26)14(20)10-12)25-9-8-23-19(25)18(21)24-16;1-16-9-4-2-8(3-5-9)10-11(14)19-7-6-17-13(19)12(15)18-10;8-5-3-4(7(10)11)1-2-6(5)9/h2-10,26H,(H2,21,24);2-7H,(H2,15,18);1-3,9-11H. The Morgan fingerprint density at radius 3 is 1.59 bits per heavy atom. The second-order valence-corrected chi connectivity index (χ2v) is 12.8. The second kappa shape index (κ2) is 16.7. The fourth-order valence-electron chi connectivity index (χ4n) is 5.38. The summed E-state index contributed by atoms with van der Waals surface area (Å²) in [5, 5.41) is 36.8. The van der Waals surface area contributed by atoms with Gasteiger partial charge in [-0.1, -0.05) is 89.4 Å². The van der Waals surface area contributed by atoms with Crippen LogP contribution in [0.4, 0.5) is 23.0 Å². The van der Waals surface area contributed by atoms with Crippen LogP contribution in [0.25, 0.3) is 54.8 Å². The lowest BCUT2D eigenvalue weighted by Gasteiger charge is -2.14. The van der Waals surface area contributed by atoms with Crippen LogP contribution in [-0.4, -0.2) is 56.1 Å². The Balaban J connectivity index is 0.000000155. The van der Waals surface area contributed by atoms with Crippen LogP contribution in [-0.2, 0) is 0 Å². The normalized spacial score (nSPS) is 10.5. The Labute approximate surface area is 333 Å². The predicted octanol–water partition coefficient (Wildman–Crippen LogP) is 7.46. The Hall–Kier alpha value is -6.85. The van der Waals surface area contributed by atoms with Gasteiger partial charge in [-0.2, -0.15) is 0 Å². The van der Waals surface area contributed by atoms with Gasteiger partial charge in [0.05, 0.1) is 34.6 Å². The highest BCUT2D eigenvalue weighted by molar-refractivity contribution is 6.59. The largest absolute Gasteiger partial charge is 0.506 e. The van der Waals surface area contributed by atoms with Crippen LogP contribution in [0.3, 0.4) is 0 Å². The molecule has 0 aliphatic heterocycles. The Morgan fingerprint density at radius 2 is 1.07 bits per heavy atom. The van der Waals surface area contributed by atoms with Gasteiger partial charge in [0.1, 0.15) is 22.3 Å². The first-order valence-electron chi connectivity index (χ1n) is 16.1. The van der Waals surface area contributed by atoms with Crippen molar-refractivity contribution >= 4 is 81.7 Å². The molecule has 0 bridgehead atoms. The monoisotopic (exact) mass is 802 g/mol. The number of nitrogens with two attached hydrogens (primary N) is 2. The summed E-state index contributed by atoms with van der Waals surface area (Å²) in [6.07, 6.45) is 6.78. The molecule has 4 aromatic heterocycles. The quantitative estimate of drug-likeness (QED) is 0.0766. The number of aromatic hydroxyl groups is 2. The van der Waals surface area contributed by atoms with Crippen molar-refractivity contribution in [1.82, 2.24) is 28.7 Å². The summed E-state index contributed by atoms with van der Waals surface area (Å²) < 4.78 is 3.52. The van der Waals surface area contributed by atoms with Gasteiger partial charge >= 0.3 is 7.12 Å². The average Bonchev–Trinajstić information content (AvgIpc) is 3.91. The van der Waals surface area contributed by atoms with E-state index in [0.717, 1.165) is 22.4 Å². The zero-order valence-corrected chi connectivity index (χ0v) is 30.9. The lowest BCUT2D eigenvalue weighted by Crippen LogP contribution is -2.29. The van der Waals surface area contributed by atoms with Gasteiger partial charge in [0.2, 0.25) is 0 Å². The number of rotatable bonds is 4. The SMILES string of the molecule is OB(O)c1ccc(O)c(Cl)c1.[C-]#[N+]c1ccc(-c2nc(N)c3nccn3c2-c2ccc(O)c(Cl)c2)cc1.[C-]#[N+]c1ccc(-c2nc(N)c3nccn3c2Cl)cc1. The number of nitrogen functional groups attached to an aromatic ring is 2. The minimum Gasteiger partial charge on any atom is -0.506 e. The molecule has 0 fully saturated rings. The van der Waals surface area contributed by atoms with E-state index in [0.29, 0.717) is 50.8 Å². The Morgan fingerprint density at radius 1 is 0.607 bits per heavy atom. The van der Waals surface area contributed by atoms with E-state index in [1.807, 2.05) is 16.5 Å². The molecule has 0 aliphatic rings. The van der Waals surface area contributed by atoms with E-state index >= 15 is 0 Å². The highest BCUT2D eigenvalue weighted by Gasteiger charge is 2.18. The topological polar surface area (TPSA) is 202 Å². The number of fused-ring (bicyclic) bond motifs is 2. The zero-order chi connectivity index (χ0) is 40.1. The molecule has 0 saturated heterocycles. The number of phenols is 2. The summed E-state index contributed by atoms with van der Waals surface area (Å²) in [5.74, 6) is 0.547. The van der Waals surface area contributed by atoms with Crippen LogP contribution in [0.2, 0.25) is 15.2 Å². The van der Waals surface area contributed by atoms with Crippen LogP contribution < -0.4 is 16.9 Å². The maximum absolute atomic E-state index is 9.74. The Kier molecular flexibility index (Phi) is 11.6. The first-order valence-corrected chi connectivity index (χ1v) is 17.2. The Bertz CT molecular complexity index is 2800. The number of nitrogens with zero attached hydrogens (tertiary/aromatic N) is 8. The van der Waals surface area contributed by atoms with Crippen molar-refractivity contribution in [2.24, 2.45) is 0 Å². The number of hydrogen-bond acceptors (Lipinski definition) is 10. The third kappa shape index (κ3) is 8.13. The van der Waals surface area contributed by atoms with Gasteiger partial charge in [-0.25, -0.2) is 29.6 Å². The summed E-state index contributed by atoms with van der Waals surface area (Å²) in [5.41, 5.74) is 18.7. The third-order valence-electron chi connectivity index (χ3n) is 8.11. The van der Waals surface area contributed by atoms with Crippen LogP contribution in [0.15, 0.2) is 110 Å². The van der Waals surface area contributed by atoms with E-state index in [-0.39, 0.29) is 27.0 Å². The van der Waals surface area contributed by atoms with Crippen molar-refractivity contribution in [2.75, 3.05) is 11.5 Å². The number of phenolic OH excluding ortho intramolecular Hbond substituents is 2. The molecule has 0 spiro atoms. The fourth-order valence-corrected chi connectivity index (χ4v) is 6.04. The molecule has 4 aromatic carbocycles.